The van der Waals surface area contributed by atoms with E-state index < -0.39 is 5.97 Å². The van der Waals surface area contributed by atoms with Crippen LogP contribution < -0.4 is 9.47 Å². The van der Waals surface area contributed by atoms with E-state index in [1.54, 1.807) is 26.2 Å². The van der Waals surface area contributed by atoms with Crippen molar-refractivity contribution >= 4 is 5.97 Å². The smallest absolute Gasteiger partial charge is 0.342 e. The monoisotopic (exact) mass is 240 g/mol. The number of hydrogen-bond donors (Lipinski definition) is 1. The summed E-state index contributed by atoms with van der Waals surface area (Å²) in [5.41, 5.74) is 1.05. The average Bonchev–Trinajstić information content (AvgIpc) is 2.35. The van der Waals surface area contributed by atoms with Crippen molar-refractivity contribution in [1.82, 2.24) is 0 Å². The van der Waals surface area contributed by atoms with Gasteiger partial charge in [0.15, 0.2) is 0 Å². The second kappa shape index (κ2) is 6.10. The fraction of sp³-hybridized carbons (Fsp3) is 0.417. The molecule has 0 aliphatic carbocycles. The summed E-state index contributed by atoms with van der Waals surface area (Å²) < 4.78 is 15.1. The number of ether oxygens (including phenoxy) is 3. The first kappa shape index (κ1) is 13.3. The van der Waals surface area contributed by atoms with Crippen molar-refractivity contribution in [3.63, 3.8) is 0 Å². The van der Waals surface area contributed by atoms with Crippen LogP contribution in [-0.4, -0.2) is 38.5 Å². The zero-order chi connectivity index (χ0) is 12.8. The van der Waals surface area contributed by atoms with E-state index >= 15 is 0 Å². The molecular weight excluding hydrogens is 224 g/mol. The van der Waals surface area contributed by atoms with E-state index in [0.717, 1.165) is 5.56 Å². The molecule has 1 aromatic carbocycles. The Hall–Kier alpha value is -1.75. The zero-order valence-electron chi connectivity index (χ0n) is 10.1. The van der Waals surface area contributed by atoms with Gasteiger partial charge in [-0.2, -0.15) is 0 Å². The van der Waals surface area contributed by atoms with Gasteiger partial charge >= 0.3 is 5.97 Å². The Balaban J connectivity index is 3.07. The number of aliphatic hydroxyl groups is 1. The summed E-state index contributed by atoms with van der Waals surface area (Å²) in [6.45, 7) is 1.55. The molecular formula is C12H16O5. The summed E-state index contributed by atoms with van der Waals surface area (Å²) in [7, 11) is 3.02. The fourth-order valence-corrected chi connectivity index (χ4v) is 1.53. The molecule has 0 aromatic heterocycles. The van der Waals surface area contributed by atoms with Crippen molar-refractivity contribution in [2.75, 3.05) is 27.4 Å². The molecule has 0 bridgehead atoms. The summed E-state index contributed by atoms with van der Waals surface area (Å²) in [4.78, 5) is 11.7. The van der Waals surface area contributed by atoms with Crippen molar-refractivity contribution in [3.05, 3.63) is 23.3 Å². The summed E-state index contributed by atoms with van der Waals surface area (Å²) in [6.07, 6.45) is 0. The topological polar surface area (TPSA) is 65.0 Å². The van der Waals surface area contributed by atoms with E-state index in [0.29, 0.717) is 17.1 Å². The van der Waals surface area contributed by atoms with Crippen molar-refractivity contribution in [1.29, 1.82) is 0 Å². The van der Waals surface area contributed by atoms with Gasteiger partial charge in [0.25, 0.3) is 0 Å². The molecule has 1 N–H and O–H groups in total. The Bertz CT molecular complexity index is 400. The molecule has 17 heavy (non-hydrogen) atoms. The number of hydrogen-bond acceptors (Lipinski definition) is 5. The van der Waals surface area contributed by atoms with Gasteiger partial charge in [0.05, 0.1) is 20.8 Å². The molecule has 5 nitrogen and oxygen atoms in total. The maximum Gasteiger partial charge on any atom is 0.342 e. The minimum Gasteiger partial charge on any atom is -0.496 e. The van der Waals surface area contributed by atoms with E-state index in [1.165, 1.54) is 7.11 Å². The maximum absolute atomic E-state index is 11.7. The van der Waals surface area contributed by atoms with Gasteiger partial charge in [-0.25, -0.2) is 4.79 Å². The number of benzene rings is 1. The zero-order valence-corrected chi connectivity index (χ0v) is 10.1. The quantitative estimate of drug-likeness (QED) is 0.782. The summed E-state index contributed by atoms with van der Waals surface area (Å²) in [6, 6.07) is 3.25. The minimum absolute atomic E-state index is 0.0347. The minimum atomic E-state index is -0.526. The Morgan fingerprint density at radius 2 is 2.00 bits per heavy atom. The maximum atomic E-state index is 11.7. The molecule has 94 valence electrons. The number of carbonyl (C=O) groups is 1. The molecule has 0 fully saturated rings. The third-order valence-corrected chi connectivity index (χ3v) is 2.32. The second-order valence-electron chi connectivity index (χ2n) is 3.33. The molecule has 0 spiro atoms. The molecule has 0 aliphatic heterocycles. The lowest BCUT2D eigenvalue weighted by Gasteiger charge is -2.13. The van der Waals surface area contributed by atoms with Gasteiger partial charge in [0.2, 0.25) is 0 Å². The lowest BCUT2D eigenvalue weighted by atomic mass is 10.1. The predicted molar refractivity (Wildman–Crippen MR) is 61.7 cm³/mol. The molecule has 1 rings (SSSR count). The molecule has 1 aromatic rings. The number of esters is 1. The Morgan fingerprint density at radius 1 is 1.29 bits per heavy atom. The van der Waals surface area contributed by atoms with E-state index in [9.17, 15) is 4.79 Å². The number of carbonyl (C=O) groups excluding carboxylic acids is 1. The van der Waals surface area contributed by atoms with Crippen molar-refractivity contribution in [2.45, 2.75) is 6.92 Å². The van der Waals surface area contributed by atoms with Gasteiger partial charge in [0, 0.05) is 5.56 Å². The fourth-order valence-electron chi connectivity index (χ4n) is 1.53. The van der Waals surface area contributed by atoms with Crippen LogP contribution in [0.15, 0.2) is 12.1 Å². The molecule has 0 aliphatic rings. The van der Waals surface area contributed by atoms with Gasteiger partial charge in [-0.1, -0.05) is 0 Å². The van der Waals surface area contributed by atoms with E-state index in [2.05, 4.69) is 0 Å². The molecule has 0 saturated carbocycles. The van der Waals surface area contributed by atoms with Gasteiger partial charge in [-0.05, 0) is 19.1 Å². The number of aliphatic hydroxyl groups excluding tert-OH is 1. The number of rotatable bonds is 5. The van der Waals surface area contributed by atoms with Crippen LogP contribution in [0.1, 0.15) is 15.9 Å². The molecule has 0 unspecified atom stereocenters. The lowest BCUT2D eigenvalue weighted by molar-refractivity contribution is 0.0430. The van der Waals surface area contributed by atoms with E-state index in [1.807, 2.05) is 0 Å². The van der Waals surface area contributed by atoms with Crippen molar-refractivity contribution in [3.8, 4) is 11.5 Å². The van der Waals surface area contributed by atoms with E-state index in [-0.39, 0.29) is 13.2 Å². The predicted octanol–water partition coefficient (Wildman–Crippen LogP) is 1.16. The highest BCUT2D eigenvalue weighted by Crippen LogP contribution is 2.31. The molecule has 0 atom stereocenters. The van der Waals surface area contributed by atoms with Crippen molar-refractivity contribution < 1.29 is 24.1 Å². The van der Waals surface area contributed by atoms with Crippen LogP contribution in [0.5, 0.6) is 11.5 Å². The molecule has 0 amide bonds. The molecule has 0 radical (unpaired) electrons. The van der Waals surface area contributed by atoms with Crippen LogP contribution >= 0.6 is 0 Å². The molecule has 0 heterocycles. The van der Waals surface area contributed by atoms with Crippen LogP contribution in [-0.2, 0) is 4.74 Å². The standard InChI is InChI=1S/C12H16O5/c1-8-10(15-2)5-4-9(11(8)16-3)12(14)17-7-6-13/h4-5,13H,6-7H2,1-3H3. The first-order valence-corrected chi connectivity index (χ1v) is 5.15. The van der Waals surface area contributed by atoms with Gasteiger partial charge < -0.3 is 19.3 Å². The van der Waals surface area contributed by atoms with Crippen molar-refractivity contribution in [2.24, 2.45) is 0 Å². The third-order valence-electron chi connectivity index (χ3n) is 2.32. The highest BCUT2D eigenvalue weighted by molar-refractivity contribution is 5.93. The Morgan fingerprint density at radius 3 is 2.53 bits per heavy atom. The summed E-state index contributed by atoms with van der Waals surface area (Å²) in [5.74, 6) is 0.537. The van der Waals surface area contributed by atoms with E-state index in [4.69, 9.17) is 19.3 Å². The molecule has 0 saturated heterocycles. The van der Waals surface area contributed by atoms with Crippen LogP contribution in [0, 0.1) is 6.92 Å². The van der Waals surface area contributed by atoms with Crippen LogP contribution in [0.2, 0.25) is 0 Å². The largest absolute Gasteiger partial charge is 0.496 e. The first-order chi connectivity index (χ1) is 8.15. The Kier molecular flexibility index (Phi) is 4.78. The number of methoxy groups -OCH3 is 2. The SMILES string of the molecule is COc1ccc(C(=O)OCCO)c(OC)c1C. The Labute approximate surface area is 99.9 Å². The highest BCUT2D eigenvalue weighted by Gasteiger charge is 2.18. The van der Waals surface area contributed by atoms with Gasteiger partial charge in [-0.3, -0.25) is 0 Å². The average molecular weight is 240 g/mol. The van der Waals surface area contributed by atoms with Gasteiger partial charge in [-0.15, -0.1) is 0 Å². The summed E-state index contributed by atoms with van der Waals surface area (Å²) >= 11 is 0. The first-order valence-electron chi connectivity index (χ1n) is 5.15. The summed E-state index contributed by atoms with van der Waals surface area (Å²) in [5, 5.41) is 8.60. The highest BCUT2D eigenvalue weighted by atomic mass is 16.5. The molecule has 5 heteroatoms. The lowest BCUT2D eigenvalue weighted by Crippen LogP contribution is -2.11. The second-order valence-corrected chi connectivity index (χ2v) is 3.33. The van der Waals surface area contributed by atoms with Gasteiger partial charge in [0.1, 0.15) is 23.7 Å². The van der Waals surface area contributed by atoms with Crippen LogP contribution in [0.25, 0.3) is 0 Å². The third kappa shape index (κ3) is 2.88. The van der Waals surface area contributed by atoms with Crippen LogP contribution in [0.4, 0.5) is 0 Å². The van der Waals surface area contributed by atoms with Crippen LogP contribution in [0.3, 0.4) is 0 Å². The normalized spacial score (nSPS) is 9.88.